The van der Waals surface area contributed by atoms with E-state index in [1.807, 2.05) is 35.9 Å². The van der Waals surface area contributed by atoms with Gasteiger partial charge in [0.15, 0.2) is 22.7 Å². The third-order valence-corrected chi connectivity index (χ3v) is 14.2. The Labute approximate surface area is 450 Å². The number of aromatic nitrogens is 8. The zero-order chi connectivity index (χ0) is 54.4. The largest absolute Gasteiger partial charge is 0.461 e. The zero-order valence-corrected chi connectivity index (χ0v) is 46.1. The van der Waals surface area contributed by atoms with E-state index in [-0.39, 0.29) is 24.1 Å². The summed E-state index contributed by atoms with van der Waals surface area (Å²) in [4.78, 5) is 50.2. The van der Waals surface area contributed by atoms with Crippen LogP contribution < -0.4 is 20.0 Å². The van der Waals surface area contributed by atoms with E-state index < -0.39 is 17.9 Å². The molecule has 0 bridgehead atoms. The number of fused-ring (bicyclic) bond motifs is 2. The monoisotopic (exact) mass is 1060 g/mol. The van der Waals surface area contributed by atoms with Crippen LogP contribution in [0.5, 0.6) is 0 Å². The number of carbonyl (C=O) groups is 2. The molecule has 1 N–H and O–H groups in total. The normalized spacial score (nSPS) is 16.6. The maximum Gasteiger partial charge on any atom is 0.357 e. The van der Waals surface area contributed by atoms with Crippen molar-refractivity contribution in [3.8, 4) is 11.4 Å². The molecule has 0 saturated carbocycles. The first-order valence-electron chi connectivity index (χ1n) is 27.3. The number of methoxy groups -OCH3 is 2. The summed E-state index contributed by atoms with van der Waals surface area (Å²) in [6, 6.07) is 10.7. The average Bonchev–Trinajstić information content (AvgIpc) is 4.08. The van der Waals surface area contributed by atoms with Gasteiger partial charge in [0.05, 0.1) is 84.6 Å². The Bertz CT molecular complexity index is 2880. The molecule has 0 amide bonds. The average molecular weight is 1070 g/mol. The highest BCUT2D eigenvalue weighted by molar-refractivity contribution is 6.00. The van der Waals surface area contributed by atoms with Crippen LogP contribution in [0.1, 0.15) is 111 Å². The topological polar surface area (TPSA) is 198 Å². The Morgan fingerprint density at radius 2 is 1.09 bits per heavy atom. The number of nitrogens with zero attached hydrogens (tertiary/aromatic N) is 11. The molecule has 21 heteroatoms. The number of esters is 2. The summed E-state index contributed by atoms with van der Waals surface area (Å²) in [5, 5.41) is 14.9. The van der Waals surface area contributed by atoms with Gasteiger partial charge in [-0.15, -0.1) is 0 Å². The van der Waals surface area contributed by atoms with Gasteiger partial charge in [-0.2, -0.15) is 14.6 Å². The van der Waals surface area contributed by atoms with E-state index in [2.05, 4.69) is 62.7 Å². The summed E-state index contributed by atoms with van der Waals surface area (Å²) < 4.78 is 49.3. The molecule has 4 aliphatic rings. The van der Waals surface area contributed by atoms with Crippen molar-refractivity contribution in [2.75, 3.05) is 134 Å². The third-order valence-electron chi connectivity index (χ3n) is 14.2. The van der Waals surface area contributed by atoms with Crippen LogP contribution in [0.3, 0.4) is 0 Å². The molecule has 0 aliphatic carbocycles. The molecule has 0 radical (unpaired) electrons. The summed E-state index contributed by atoms with van der Waals surface area (Å²) in [7, 11) is 3.49. The molecule has 0 aromatic carbocycles. The lowest BCUT2D eigenvalue weighted by Gasteiger charge is -2.34. The number of morpholine rings is 2. The number of ether oxygens (including phenoxy) is 6. The van der Waals surface area contributed by atoms with Crippen LogP contribution >= 0.6 is 0 Å². The summed E-state index contributed by atoms with van der Waals surface area (Å²) in [6.45, 7) is 24.3. The van der Waals surface area contributed by atoms with Crippen molar-refractivity contribution in [1.29, 1.82) is 0 Å². The fourth-order valence-electron chi connectivity index (χ4n) is 10.2. The molecule has 416 valence electrons. The standard InChI is InChI=1S/C28H38N6O4.C24H30FN5O3.C4H9NO/c1-5-38-28(35)22-17-23(32-10-7-20(8-11-32)18-36-4)25-26(19(2)3)31-34(27(25)30-22)21-6-9-29-24(16-21)33-12-14-37-15-13-33;1-5-33-24(31)18-13-19(29-10-7-16(8-11-29)14-32-4)21-22(15(2)3)28-30(23(21)27-18)17-6-9-26-20(25)12-17;1-3-6-4-2-5-1/h6,9,16-17,19-20H,5,7-8,10-15,18H2,1-4H3;6,9,12-13,15-16H,5,7-8,10-11,14H2,1-4H3;5H,1-4H2. The van der Waals surface area contributed by atoms with Gasteiger partial charge in [0.2, 0.25) is 5.95 Å². The molecule has 10 rings (SSSR count). The van der Waals surface area contributed by atoms with Crippen LogP contribution in [0.4, 0.5) is 21.6 Å². The first-order valence-corrected chi connectivity index (χ1v) is 27.3. The van der Waals surface area contributed by atoms with Gasteiger partial charge in [0.25, 0.3) is 0 Å². The minimum Gasteiger partial charge on any atom is -0.461 e. The fourth-order valence-corrected chi connectivity index (χ4v) is 10.2. The van der Waals surface area contributed by atoms with Gasteiger partial charge in [-0.1, -0.05) is 27.7 Å². The van der Waals surface area contributed by atoms with Crippen molar-refractivity contribution in [3.05, 3.63) is 77.5 Å². The van der Waals surface area contributed by atoms with Gasteiger partial charge >= 0.3 is 11.9 Å². The van der Waals surface area contributed by atoms with Crippen LogP contribution in [-0.2, 0) is 28.4 Å². The van der Waals surface area contributed by atoms with Gasteiger partial charge in [0, 0.05) is 104 Å². The SMILES string of the molecule is C1COCCN1.CCOC(=O)c1cc(N2CCC(COC)CC2)c2c(C(C)C)nn(-c3ccnc(F)c3)c2n1.CCOC(=O)c1cc(N2CCC(COC)CC2)c2c(C(C)C)nn(-c3ccnc(N4CCOCC4)c3)c2n1. The number of anilines is 3. The summed E-state index contributed by atoms with van der Waals surface area (Å²) in [5.41, 5.74) is 6.73. The van der Waals surface area contributed by atoms with E-state index in [0.29, 0.717) is 54.3 Å². The minimum atomic E-state index is -0.607. The summed E-state index contributed by atoms with van der Waals surface area (Å²) >= 11 is 0. The summed E-state index contributed by atoms with van der Waals surface area (Å²) in [6.07, 6.45) is 7.25. The Kier molecular flexibility index (Phi) is 20.1. The van der Waals surface area contributed by atoms with Crippen LogP contribution in [-0.4, -0.2) is 171 Å². The Balaban J connectivity index is 0.000000185. The summed E-state index contributed by atoms with van der Waals surface area (Å²) in [5.74, 6) is 0.676. The lowest BCUT2D eigenvalue weighted by atomic mass is 9.96. The van der Waals surface area contributed by atoms with Crippen molar-refractivity contribution in [3.63, 3.8) is 0 Å². The molecule has 4 saturated heterocycles. The number of hydrogen-bond donors (Lipinski definition) is 1. The van der Waals surface area contributed by atoms with Gasteiger partial charge in [0.1, 0.15) is 5.82 Å². The predicted molar refractivity (Wildman–Crippen MR) is 294 cm³/mol. The maximum absolute atomic E-state index is 13.9. The van der Waals surface area contributed by atoms with Gasteiger partial charge in [-0.3, -0.25) is 0 Å². The maximum atomic E-state index is 13.9. The molecule has 20 nitrogen and oxygen atoms in total. The zero-order valence-electron chi connectivity index (χ0n) is 46.1. The van der Waals surface area contributed by atoms with E-state index in [1.165, 1.54) is 12.3 Å². The number of piperidine rings is 2. The van der Waals surface area contributed by atoms with Crippen LogP contribution in [0.25, 0.3) is 33.4 Å². The second-order valence-electron chi connectivity index (χ2n) is 20.2. The quantitative estimate of drug-likeness (QED) is 0.0781. The van der Waals surface area contributed by atoms with Crippen LogP contribution in [0.15, 0.2) is 48.8 Å². The van der Waals surface area contributed by atoms with Gasteiger partial charge in [-0.25, -0.2) is 38.9 Å². The number of halogens is 1. The van der Waals surface area contributed by atoms with Crippen molar-refractivity contribution in [1.82, 2.24) is 44.8 Å². The van der Waals surface area contributed by atoms with Gasteiger partial charge in [-0.05, 0) is 87.5 Å². The first-order chi connectivity index (χ1) is 37.4. The van der Waals surface area contributed by atoms with Crippen molar-refractivity contribution >= 4 is 51.2 Å². The second-order valence-corrected chi connectivity index (χ2v) is 20.2. The number of pyridine rings is 4. The molecule has 0 unspecified atom stereocenters. The van der Waals surface area contributed by atoms with E-state index in [0.717, 1.165) is 150 Å². The number of carbonyl (C=O) groups excluding carboxylic acids is 2. The molecule has 77 heavy (non-hydrogen) atoms. The van der Waals surface area contributed by atoms with Crippen molar-refractivity contribution in [2.45, 2.75) is 79.1 Å². The lowest BCUT2D eigenvalue weighted by Crippen LogP contribution is -2.36. The molecule has 4 fully saturated rings. The Hall–Kier alpha value is -6.39. The Morgan fingerprint density at radius 3 is 1.49 bits per heavy atom. The highest BCUT2D eigenvalue weighted by atomic mass is 19.1. The molecular weight excluding hydrogens is 988 g/mol. The lowest BCUT2D eigenvalue weighted by molar-refractivity contribution is 0.0510. The molecule has 10 heterocycles. The van der Waals surface area contributed by atoms with Crippen molar-refractivity contribution in [2.24, 2.45) is 11.8 Å². The molecular formula is C56H77FN12O8. The molecule has 6 aromatic rings. The smallest absolute Gasteiger partial charge is 0.357 e. The van der Waals surface area contributed by atoms with E-state index in [9.17, 15) is 14.0 Å². The Morgan fingerprint density at radius 1 is 0.636 bits per heavy atom. The fraction of sp³-hybridized carbons (Fsp3) is 0.571. The number of hydrogen-bond acceptors (Lipinski definition) is 18. The second kappa shape index (κ2) is 27.3. The van der Waals surface area contributed by atoms with Crippen LogP contribution in [0, 0.1) is 17.8 Å². The van der Waals surface area contributed by atoms with E-state index in [1.54, 1.807) is 38.1 Å². The highest BCUT2D eigenvalue weighted by Gasteiger charge is 2.30. The van der Waals surface area contributed by atoms with E-state index >= 15 is 0 Å². The predicted octanol–water partition coefficient (Wildman–Crippen LogP) is 7.54. The first kappa shape index (κ1) is 56.8. The number of nitrogens with one attached hydrogen (secondary N) is 1. The van der Waals surface area contributed by atoms with Gasteiger partial charge < -0.3 is 48.4 Å². The highest BCUT2D eigenvalue weighted by Crippen LogP contribution is 2.39. The molecule has 0 atom stereocenters. The molecule has 0 spiro atoms. The molecule has 4 aliphatic heterocycles. The van der Waals surface area contributed by atoms with Crippen molar-refractivity contribution < 1.29 is 42.4 Å². The van der Waals surface area contributed by atoms with E-state index in [4.69, 9.17) is 43.6 Å². The van der Waals surface area contributed by atoms with Crippen LogP contribution in [0.2, 0.25) is 0 Å². The molecule has 6 aromatic heterocycles. The number of rotatable bonds is 15. The minimum absolute atomic E-state index is 0.0976. The third kappa shape index (κ3) is 13.8.